The van der Waals surface area contributed by atoms with Crippen LogP contribution in [0.5, 0.6) is 0 Å². The second-order valence-corrected chi connectivity index (χ2v) is 6.41. The van der Waals surface area contributed by atoms with Gasteiger partial charge in [-0.2, -0.15) is 0 Å². The standard InChI is InChI=1S/C13H24N2O3/c1-12(2,3)18-11(16)15-9-7-13(8-9)10(14)5-4-6-17-13/h9-10H,4-8,14H2,1-3H3,(H,15,16). The third-order valence-corrected chi connectivity index (χ3v) is 3.63. The Kier molecular flexibility index (Phi) is 3.56. The highest BCUT2D eigenvalue weighted by molar-refractivity contribution is 5.68. The number of rotatable bonds is 1. The van der Waals surface area contributed by atoms with E-state index in [4.69, 9.17) is 15.2 Å². The highest BCUT2D eigenvalue weighted by Gasteiger charge is 2.51. The minimum Gasteiger partial charge on any atom is -0.444 e. The van der Waals surface area contributed by atoms with Gasteiger partial charge in [0.1, 0.15) is 5.60 Å². The van der Waals surface area contributed by atoms with Crippen molar-refractivity contribution in [3.63, 3.8) is 0 Å². The molecule has 2 fully saturated rings. The van der Waals surface area contributed by atoms with Crippen molar-refractivity contribution >= 4 is 6.09 Å². The molecule has 0 aromatic rings. The van der Waals surface area contributed by atoms with Gasteiger partial charge in [0.05, 0.1) is 5.60 Å². The highest BCUT2D eigenvalue weighted by atomic mass is 16.6. The van der Waals surface area contributed by atoms with Crippen LogP contribution in [0, 0.1) is 0 Å². The quantitative estimate of drug-likeness (QED) is 0.746. The number of hydrogen-bond acceptors (Lipinski definition) is 4. The second-order valence-electron chi connectivity index (χ2n) is 6.41. The Labute approximate surface area is 108 Å². The SMILES string of the molecule is CC(C)(C)OC(=O)NC1CC2(C1)OCCCC2N. The molecule has 1 aliphatic heterocycles. The average molecular weight is 256 g/mol. The Morgan fingerprint density at radius 1 is 1.44 bits per heavy atom. The topological polar surface area (TPSA) is 73.6 Å². The van der Waals surface area contributed by atoms with Crippen molar-refractivity contribution in [2.24, 2.45) is 5.73 Å². The molecule has 0 aromatic heterocycles. The van der Waals surface area contributed by atoms with Crippen molar-refractivity contribution in [1.29, 1.82) is 0 Å². The maximum Gasteiger partial charge on any atom is 0.407 e. The first-order valence-corrected chi connectivity index (χ1v) is 6.70. The average Bonchev–Trinajstić information content (AvgIpc) is 2.16. The van der Waals surface area contributed by atoms with Gasteiger partial charge in [-0.3, -0.25) is 0 Å². The summed E-state index contributed by atoms with van der Waals surface area (Å²) in [5.74, 6) is 0. The maximum absolute atomic E-state index is 11.6. The van der Waals surface area contributed by atoms with Gasteiger partial charge in [0.15, 0.2) is 0 Å². The van der Waals surface area contributed by atoms with Crippen molar-refractivity contribution in [1.82, 2.24) is 5.32 Å². The van der Waals surface area contributed by atoms with Crippen LogP contribution in [-0.2, 0) is 9.47 Å². The van der Waals surface area contributed by atoms with Gasteiger partial charge in [0.2, 0.25) is 0 Å². The Bertz CT molecular complexity index is 319. The first-order chi connectivity index (χ1) is 8.31. The molecular formula is C13H24N2O3. The third kappa shape index (κ3) is 2.95. The zero-order chi connectivity index (χ0) is 13.4. The minimum absolute atomic E-state index is 0.0999. The molecule has 1 unspecified atom stereocenters. The number of hydrogen-bond donors (Lipinski definition) is 2. The van der Waals surface area contributed by atoms with Crippen molar-refractivity contribution in [2.45, 2.75) is 69.7 Å². The van der Waals surface area contributed by atoms with Crippen LogP contribution in [0.1, 0.15) is 46.5 Å². The van der Waals surface area contributed by atoms with E-state index in [0.29, 0.717) is 0 Å². The number of alkyl carbamates (subject to hydrolysis) is 1. The van der Waals surface area contributed by atoms with E-state index >= 15 is 0 Å². The lowest BCUT2D eigenvalue weighted by atomic mass is 9.69. The molecule has 1 heterocycles. The molecule has 1 saturated carbocycles. The Hall–Kier alpha value is -0.810. The maximum atomic E-state index is 11.6. The molecule has 1 saturated heterocycles. The van der Waals surface area contributed by atoms with Gasteiger partial charge in [-0.25, -0.2) is 4.79 Å². The van der Waals surface area contributed by atoms with Crippen LogP contribution >= 0.6 is 0 Å². The molecule has 2 rings (SSSR count). The molecule has 5 heteroatoms. The van der Waals surface area contributed by atoms with E-state index in [-0.39, 0.29) is 23.8 Å². The zero-order valence-corrected chi connectivity index (χ0v) is 11.5. The fourth-order valence-corrected chi connectivity index (χ4v) is 2.72. The van der Waals surface area contributed by atoms with Crippen LogP contribution in [-0.4, -0.2) is 36.0 Å². The Balaban J connectivity index is 1.77. The Morgan fingerprint density at radius 3 is 2.67 bits per heavy atom. The lowest BCUT2D eigenvalue weighted by Crippen LogP contribution is -2.66. The van der Waals surface area contributed by atoms with Crippen LogP contribution in [0.2, 0.25) is 0 Å². The van der Waals surface area contributed by atoms with E-state index in [0.717, 1.165) is 32.3 Å². The Morgan fingerprint density at radius 2 is 2.11 bits per heavy atom. The van der Waals surface area contributed by atoms with Crippen molar-refractivity contribution in [3.8, 4) is 0 Å². The molecule has 0 radical (unpaired) electrons. The molecule has 1 spiro atoms. The molecule has 0 aromatic carbocycles. The van der Waals surface area contributed by atoms with Gasteiger partial charge in [-0.1, -0.05) is 0 Å². The lowest BCUT2D eigenvalue weighted by molar-refractivity contribution is -0.151. The molecule has 5 nitrogen and oxygen atoms in total. The molecular weight excluding hydrogens is 232 g/mol. The summed E-state index contributed by atoms with van der Waals surface area (Å²) in [5, 5.41) is 2.87. The fraction of sp³-hybridized carbons (Fsp3) is 0.923. The van der Waals surface area contributed by atoms with Crippen LogP contribution in [0.3, 0.4) is 0 Å². The monoisotopic (exact) mass is 256 g/mol. The normalized spacial score (nSPS) is 36.0. The summed E-state index contributed by atoms with van der Waals surface area (Å²) in [7, 11) is 0. The second kappa shape index (κ2) is 4.70. The van der Waals surface area contributed by atoms with Gasteiger partial charge in [-0.05, 0) is 46.5 Å². The predicted octanol–water partition coefficient (Wildman–Crippen LogP) is 1.55. The zero-order valence-electron chi connectivity index (χ0n) is 11.5. The molecule has 2 aliphatic rings. The summed E-state index contributed by atoms with van der Waals surface area (Å²) in [4.78, 5) is 11.6. The third-order valence-electron chi connectivity index (χ3n) is 3.63. The fourth-order valence-electron chi connectivity index (χ4n) is 2.72. The van der Waals surface area contributed by atoms with Gasteiger partial charge in [-0.15, -0.1) is 0 Å². The van der Waals surface area contributed by atoms with Crippen LogP contribution in [0.4, 0.5) is 4.79 Å². The summed E-state index contributed by atoms with van der Waals surface area (Å²) in [5.41, 5.74) is 5.45. The van der Waals surface area contributed by atoms with Crippen molar-refractivity contribution in [2.75, 3.05) is 6.61 Å². The number of carbonyl (C=O) groups is 1. The summed E-state index contributed by atoms with van der Waals surface area (Å²) < 4.78 is 11.0. The first kappa shape index (κ1) is 13.6. The molecule has 1 atom stereocenters. The van der Waals surface area contributed by atoms with Gasteiger partial charge in [0.25, 0.3) is 0 Å². The number of amides is 1. The van der Waals surface area contributed by atoms with Crippen molar-refractivity contribution in [3.05, 3.63) is 0 Å². The number of ether oxygens (including phenoxy) is 2. The van der Waals surface area contributed by atoms with E-state index in [1.807, 2.05) is 20.8 Å². The predicted molar refractivity (Wildman–Crippen MR) is 68.3 cm³/mol. The molecule has 18 heavy (non-hydrogen) atoms. The first-order valence-electron chi connectivity index (χ1n) is 6.70. The number of nitrogens with one attached hydrogen (secondary N) is 1. The van der Waals surface area contributed by atoms with Crippen LogP contribution in [0.15, 0.2) is 0 Å². The molecule has 104 valence electrons. The molecule has 0 bridgehead atoms. The van der Waals surface area contributed by atoms with E-state index in [9.17, 15) is 4.79 Å². The van der Waals surface area contributed by atoms with E-state index in [1.165, 1.54) is 0 Å². The number of carbonyl (C=O) groups excluding carboxylic acids is 1. The van der Waals surface area contributed by atoms with E-state index < -0.39 is 5.60 Å². The summed E-state index contributed by atoms with van der Waals surface area (Å²) in [6, 6.07) is 0.229. The molecule has 3 N–H and O–H groups in total. The van der Waals surface area contributed by atoms with E-state index in [1.54, 1.807) is 0 Å². The number of nitrogens with two attached hydrogens (primary N) is 1. The van der Waals surface area contributed by atoms with Crippen molar-refractivity contribution < 1.29 is 14.3 Å². The van der Waals surface area contributed by atoms with Gasteiger partial charge in [0, 0.05) is 18.7 Å². The minimum atomic E-state index is -0.455. The van der Waals surface area contributed by atoms with Gasteiger partial charge < -0.3 is 20.5 Å². The summed E-state index contributed by atoms with van der Waals surface area (Å²) in [6.07, 6.45) is 3.29. The van der Waals surface area contributed by atoms with E-state index in [2.05, 4.69) is 5.32 Å². The highest BCUT2D eigenvalue weighted by Crippen LogP contribution is 2.42. The largest absolute Gasteiger partial charge is 0.444 e. The summed E-state index contributed by atoms with van der Waals surface area (Å²) in [6.45, 7) is 6.35. The molecule has 1 aliphatic carbocycles. The lowest BCUT2D eigenvalue weighted by Gasteiger charge is -2.52. The molecule has 1 amide bonds. The smallest absolute Gasteiger partial charge is 0.407 e. The van der Waals surface area contributed by atoms with Crippen LogP contribution in [0.25, 0.3) is 0 Å². The van der Waals surface area contributed by atoms with Gasteiger partial charge >= 0.3 is 6.09 Å². The van der Waals surface area contributed by atoms with Crippen LogP contribution < -0.4 is 11.1 Å². The summed E-state index contributed by atoms with van der Waals surface area (Å²) >= 11 is 0.